The summed E-state index contributed by atoms with van der Waals surface area (Å²) in [6.45, 7) is 3.87. The average Bonchev–Trinajstić information content (AvgIpc) is 2.90. The van der Waals surface area contributed by atoms with Crippen LogP contribution in [0.3, 0.4) is 0 Å². The molecule has 0 unspecified atom stereocenters. The minimum Gasteiger partial charge on any atom is -0.497 e. The highest BCUT2D eigenvalue weighted by atomic mass is 32.2. The Hall–Kier alpha value is -4.05. The molecule has 0 aliphatic rings. The zero-order valence-corrected chi connectivity index (χ0v) is 22.0. The molecule has 0 heterocycles. The van der Waals surface area contributed by atoms with Gasteiger partial charge in [-0.2, -0.15) is 0 Å². The monoisotopic (exact) mass is 525 g/mol. The highest BCUT2D eigenvalue weighted by Gasteiger charge is 2.30. The number of hydrogen-bond acceptors (Lipinski definition) is 6. The predicted octanol–water partition coefficient (Wildman–Crippen LogP) is 3.92. The lowest BCUT2D eigenvalue weighted by Gasteiger charge is -2.26. The van der Waals surface area contributed by atoms with Crippen molar-refractivity contribution in [1.29, 1.82) is 0 Å². The second-order valence-electron chi connectivity index (χ2n) is 8.56. The molecule has 2 N–H and O–H groups in total. The van der Waals surface area contributed by atoms with Crippen LogP contribution in [0.15, 0.2) is 77.7 Å². The minimum atomic E-state index is -4.19. The van der Waals surface area contributed by atoms with Crippen molar-refractivity contribution in [2.45, 2.75) is 18.7 Å². The highest BCUT2D eigenvalue weighted by Crippen LogP contribution is 2.32. The number of carbonyl (C=O) groups excluding carboxylic acids is 2. The number of nitrogens with one attached hydrogen (secondary N) is 2. The number of benzene rings is 3. The Bertz CT molecular complexity index is 1340. The SMILES string of the molecule is COc1ccc(S(=O)(=O)N(CC(=O)Nc2ccccc2C(=O)NCC(C)C)c2ccccc2OC)cc1. The number of carbonyl (C=O) groups is 2. The van der Waals surface area contributed by atoms with Crippen molar-refractivity contribution in [1.82, 2.24) is 5.32 Å². The molecule has 0 aliphatic heterocycles. The lowest BCUT2D eigenvalue weighted by Crippen LogP contribution is -2.38. The van der Waals surface area contributed by atoms with Crippen molar-refractivity contribution in [3.05, 3.63) is 78.4 Å². The van der Waals surface area contributed by atoms with Crippen LogP contribution in [-0.4, -0.2) is 47.5 Å². The van der Waals surface area contributed by atoms with Gasteiger partial charge in [0.05, 0.1) is 36.1 Å². The molecular formula is C27H31N3O6S. The molecule has 0 spiro atoms. The molecule has 196 valence electrons. The number of anilines is 2. The van der Waals surface area contributed by atoms with Crippen LogP contribution in [0, 0.1) is 5.92 Å². The molecule has 37 heavy (non-hydrogen) atoms. The summed E-state index contributed by atoms with van der Waals surface area (Å²) in [6.07, 6.45) is 0. The number of ether oxygens (including phenoxy) is 2. The Morgan fingerprint density at radius 3 is 2.19 bits per heavy atom. The first-order chi connectivity index (χ1) is 17.7. The van der Waals surface area contributed by atoms with E-state index in [0.717, 1.165) is 4.31 Å². The van der Waals surface area contributed by atoms with E-state index in [1.54, 1.807) is 48.5 Å². The molecule has 2 amide bonds. The molecule has 0 saturated heterocycles. The van der Waals surface area contributed by atoms with Gasteiger partial charge in [0.2, 0.25) is 5.91 Å². The molecule has 0 aromatic heterocycles. The normalized spacial score (nSPS) is 11.1. The van der Waals surface area contributed by atoms with E-state index in [4.69, 9.17) is 9.47 Å². The topological polar surface area (TPSA) is 114 Å². The van der Waals surface area contributed by atoms with E-state index in [2.05, 4.69) is 10.6 Å². The molecule has 10 heteroatoms. The summed E-state index contributed by atoms with van der Waals surface area (Å²) < 4.78 is 38.9. The van der Waals surface area contributed by atoms with Crippen LogP contribution in [0.4, 0.5) is 11.4 Å². The van der Waals surface area contributed by atoms with Gasteiger partial charge >= 0.3 is 0 Å². The lowest BCUT2D eigenvalue weighted by atomic mass is 10.1. The molecular weight excluding hydrogens is 494 g/mol. The summed E-state index contributed by atoms with van der Waals surface area (Å²) in [7, 11) is -1.28. The molecule has 0 atom stereocenters. The number of para-hydroxylation sites is 3. The van der Waals surface area contributed by atoms with Crippen molar-refractivity contribution < 1.29 is 27.5 Å². The maximum Gasteiger partial charge on any atom is 0.264 e. The molecule has 0 bridgehead atoms. The molecule has 3 rings (SSSR count). The van der Waals surface area contributed by atoms with Crippen molar-refractivity contribution >= 4 is 33.2 Å². The molecule has 0 fully saturated rings. The Balaban J connectivity index is 1.94. The van der Waals surface area contributed by atoms with E-state index in [9.17, 15) is 18.0 Å². The lowest BCUT2D eigenvalue weighted by molar-refractivity contribution is -0.114. The van der Waals surface area contributed by atoms with E-state index in [1.807, 2.05) is 13.8 Å². The van der Waals surface area contributed by atoms with E-state index in [1.165, 1.54) is 38.5 Å². The Labute approximate surface area is 217 Å². The number of sulfonamides is 1. The molecule has 0 radical (unpaired) electrons. The summed E-state index contributed by atoms with van der Waals surface area (Å²) in [4.78, 5) is 25.9. The van der Waals surface area contributed by atoms with Gasteiger partial charge in [-0.25, -0.2) is 8.42 Å². The Morgan fingerprint density at radius 1 is 0.892 bits per heavy atom. The first-order valence-corrected chi connectivity index (χ1v) is 13.1. The smallest absolute Gasteiger partial charge is 0.264 e. The average molecular weight is 526 g/mol. The standard InChI is InChI=1S/C27H31N3O6S/c1-19(2)17-28-27(32)22-9-5-6-10-23(22)29-26(31)18-30(24-11-7-8-12-25(24)36-4)37(33,34)21-15-13-20(35-3)14-16-21/h5-16,19H,17-18H2,1-4H3,(H,28,32)(H,29,31). The van der Waals surface area contributed by atoms with Crippen LogP contribution >= 0.6 is 0 Å². The maximum atomic E-state index is 13.7. The number of nitrogens with zero attached hydrogens (tertiary/aromatic N) is 1. The predicted molar refractivity (Wildman–Crippen MR) is 143 cm³/mol. The fraction of sp³-hybridized carbons (Fsp3) is 0.259. The molecule has 0 saturated carbocycles. The summed E-state index contributed by atoms with van der Waals surface area (Å²) in [6, 6.07) is 18.9. The van der Waals surface area contributed by atoms with Gasteiger partial charge in [0.1, 0.15) is 18.0 Å². The fourth-order valence-electron chi connectivity index (χ4n) is 3.51. The van der Waals surface area contributed by atoms with Gasteiger partial charge in [-0.1, -0.05) is 38.1 Å². The molecule has 3 aromatic carbocycles. The van der Waals surface area contributed by atoms with Crippen LogP contribution in [0.1, 0.15) is 24.2 Å². The second kappa shape index (κ2) is 12.3. The first kappa shape index (κ1) is 27.5. The summed E-state index contributed by atoms with van der Waals surface area (Å²) >= 11 is 0. The van der Waals surface area contributed by atoms with Gasteiger partial charge in [0.15, 0.2) is 0 Å². The molecule has 9 nitrogen and oxygen atoms in total. The van der Waals surface area contributed by atoms with Gasteiger partial charge < -0.3 is 20.1 Å². The second-order valence-corrected chi connectivity index (χ2v) is 10.4. The van der Waals surface area contributed by atoms with E-state index in [-0.39, 0.29) is 39.4 Å². The Morgan fingerprint density at radius 2 is 1.54 bits per heavy atom. The van der Waals surface area contributed by atoms with Crippen LogP contribution in [-0.2, 0) is 14.8 Å². The minimum absolute atomic E-state index is 0.0273. The number of methoxy groups -OCH3 is 2. The molecule has 3 aromatic rings. The number of rotatable bonds is 11. The summed E-state index contributed by atoms with van der Waals surface area (Å²) in [5, 5.41) is 5.52. The van der Waals surface area contributed by atoms with Crippen LogP contribution in [0.5, 0.6) is 11.5 Å². The van der Waals surface area contributed by atoms with E-state index in [0.29, 0.717) is 12.3 Å². The van der Waals surface area contributed by atoms with Crippen LogP contribution in [0.25, 0.3) is 0 Å². The zero-order valence-electron chi connectivity index (χ0n) is 21.2. The summed E-state index contributed by atoms with van der Waals surface area (Å²) in [5.41, 5.74) is 0.743. The summed E-state index contributed by atoms with van der Waals surface area (Å²) in [5.74, 6) is 0.0566. The van der Waals surface area contributed by atoms with Gasteiger partial charge in [-0.3, -0.25) is 13.9 Å². The number of hydrogen-bond donors (Lipinski definition) is 2. The third kappa shape index (κ3) is 6.79. The van der Waals surface area contributed by atoms with Gasteiger partial charge in [0.25, 0.3) is 15.9 Å². The third-order valence-corrected chi connectivity index (χ3v) is 7.18. The molecule has 0 aliphatic carbocycles. The van der Waals surface area contributed by atoms with Gasteiger partial charge in [0, 0.05) is 6.54 Å². The fourth-order valence-corrected chi connectivity index (χ4v) is 4.94. The Kier molecular flexibility index (Phi) is 9.13. The zero-order chi connectivity index (χ0) is 27.0. The van der Waals surface area contributed by atoms with Gasteiger partial charge in [-0.15, -0.1) is 0 Å². The van der Waals surface area contributed by atoms with Crippen molar-refractivity contribution in [2.75, 3.05) is 36.9 Å². The highest BCUT2D eigenvalue weighted by molar-refractivity contribution is 7.92. The van der Waals surface area contributed by atoms with E-state index < -0.39 is 22.5 Å². The van der Waals surface area contributed by atoms with Crippen molar-refractivity contribution in [3.63, 3.8) is 0 Å². The maximum absolute atomic E-state index is 13.7. The van der Waals surface area contributed by atoms with Crippen LogP contribution in [0.2, 0.25) is 0 Å². The van der Waals surface area contributed by atoms with Crippen molar-refractivity contribution in [3.8, 4) is 11.5 Å². The van der Waals surface area contributed by atoms with Gasteiger partial charge in [-0.05, 0) is 54.4 Å². The first-order valence-electron chi connectivity index (χ1n) is 11.6. The largest absolute Gasteiger partial charge is 0.497 e. The van der Waals surface area contributed by atoms with Crippen LogP contribution < -0.4 is 24.4 Å². The third-order valence-electron chi connectivity index (χ3n) is 5.41. The van der Waals surface area contributed by atoms with E-state index >= 15 is 0 Å². The quantitative estimate of drug-likeness (QED) is 0.392. The number of amides is 2. The van der Waals surface area contributed by atoms with Crippen molar-refractivity contribution in [2.24, 2.45) is 5.92 Å².